The van der Waals surface area contributed by atoms with Crippen molar-refractivity contribution in [1.82, 2.24) is 9.38 Å². The number of fused-ring (bicyclic) bond motifs is 1. The van der Waals surface area contributed by atoms with Crippen molar-refractivity contribution in [2.75, 3.05) is 18.5 Å². The number of nitrogens with one attached hydrogen (secondary N) is 1. The first kappa shape index (κ1) is 20.5. The van der Waals surface area contributed by atoms with Gasteiger partial charge in [0.25, 0.3) is 0 Å². The highest BCUT2D eigenvalue weighted by Gasteiger charge is 2.41. The zero-order chi connectivity index (χ0) is 22.1. The lowest BCUT2D eigenvalue weighted by Gasteiger charge is -2.36. The van der Waals surface area contributed by atoms with E-state index in [1.165, 1.54) is 5.56 Å². The first-order valence-electron chi connectivity index (χ1n) is 11.1. The molecule has 0 spiro atoms. The van der Waals surface area contributed by atoms with E-state index in [-0.39, 0.29) is 5.91 Å². The van der Waals surface area contributed by atoms with Crippen molar-refractivity contribution in [2.24, 2.45) is 0 Å². The minimum absolute atomic E-state index is 0.0258. The van der Waals surface area contributed by atoms with Gasteiger partial charge in [0.15, 0.2) is 0 Å². The molecule has 1 aliphatic heterocycles. The van der Waals surface area contributed by atoms with Gasteiger partial charge >= 0.3 is 0 Å². The van der Waals surface area contributed by atoms with Gasteiger partial charge in [0.1, 0.15) is 5.65 Å². The quantitative estimate of drug-likeness (QED) is 0.482. The molecule has 4 aromatic rings. The number of aromatic nitrogens is 2. The summed E-state index contributed by atoms with van der Waals surface area (Å²) in [6.07, 6.45) is 5.39. The van der Waals surface area contributed by atoms with Gasteiger partial charge in [0, 0.05) is 36.9 Å². The molecule has 5 heteroatoms. The fourth-order valence-electron chi connectivity index (χ4n) is 4.50. The molecule has 1 fully saturated rings. The molecule has 5 rings (SSSR count). The molecule has 162 valence electrons. The van der Waals surface area contributed by atoms with E-state index in [9.17, 15) is 4.79 Å². The Hall–Kier alpha value is -3.44. The summed E-state index contributed by atoms with van der Waals surface area (Å²) in [6, 6.07) is 20.3. The molecule has 0 aliphatic carbocycles. The van der Waals surface area contributed by atoms with Crippen LogP contribution in [-0.2, 0) is 14.9 Å². The van der Waals surface area contributed by atoms with Crippen molar-refractivity contribution in [3.8, 4) is 11.3 Å². The van der Waals surface area contributed by atoms with E-state index in [1.54, 1.807) is 0 Å². The predicted octanol–water partition coefficient (Wildman–Crippen LogP) is 5.31. The van der Waals surface area contributed by atoms with Crippen LogP contribution < -0.4 is 5.32 Å². The normalized spacial score (nSPS) is 15.6. The Labute approximate surface area is 188 Å². The van der Waals surface area contributed by atoms with Gasteiger partial charge in [-0.05, 0) is 61.6 Å². The SMILES string of the molecule is Cc1ccn2cc(-c3ccc(C)c(NC(=O)C4(c5ccccc5)CCOCC4)c3)nc2c1. The highest BCUT2D eigenvalue weighted by molar-refractivity contribution is 6.00. The van der Waals surface area contributed by atoms with Crippen LogP contribution in [-0.4, -0.2) is 28.5 Å². The van der Waals surface area contributed by atoms with E-state index >= 15 is 0 Å². The maximum Gasteiger partial charge on any atom is 0.235 e. The Morgan fingerprint density at radius 1 is 1.03 bits per heavy atom. The lowest BCUT2D eigenvalue weighted by Crippen LogP contribution is -2.44. The van der Waals surface area contributed by atoms with E-state index in [0.717, 1.165) is 33.7 Å². The summed E-state index contributed by atoms with van der Waals surface area (Å²) in [4.78, 5) is 18.5. The maximum absolute atomic E-state index is 13.7. The second kappa shape index (κ2) is 8.24. The number of benzene rings is 2. The number of hydrogen-bond donors (Lipinski definition) is 1. The molecule has 1 aliphatic rings. The number of anilines is 1. The summed E-state index contributed by atoms with van der Waals surface area (Å²) in [5.74, 6) is 0.0258. The average molecular weight is 426 g/mol. The fraction of sp³-hybridized carbons (Fsp3) is 0.259. The van der Waals surface area contributed by atoms with Gasteiger partial charge < -0.3 is 14.5 Å². The Morgan fingerprint density at radius 3 is 2.59 bits per heavy atom. The van der Waals surface area contributed by atoms with Gasteiger partial charge in [-0.15, -0.1) is 0 Å². The molecular formula is C27H27N3O2. The first-order valence-corrected chi connectivity index (χ1v) is 11.1. The number of carbonyl (C=O) groups excluding carboxylic acids is 1. The molecule has 0 atom stereocenters. The van der Waals surface area contributed by atoms with Crippen LogP contribution in [0.2, 0.25) is 0 Å². The van der Waals surface area contributed by atoms with E-state index < -0.39 is 5.41 Å². The van der Waals surface area contributed by atoms with Gasteiger partial charge in [-0.2, -0.15) is 0 Å². The number of imidazole rings is 1. The van der Waals surface area contributed by atoms with Gasteiger partial charge in [-0.1, -0.05) is 42.5 Å². The molecule has 3 heterocycles. The zero-order valence-electron chi connectivity index (χ0n) is 18.5. The van der Waals surface area contributed by atoms with Crippen LogP contribution in [0.15, 0.2) is 73.1 Å². The van der Waals surface area contributed by atoms with Crippen molar-refractivity contribution in [2.45, 2.75) is 32.1 Å². The number of amides is 1. The topological polar surface area (TPSA) is 55.6 Å². The lowest BCUT2D eigenvalue weighted by molar-refractivity contribution is -0.125. The molecule has 2 aromatic carbocycles. The average Bonchev–Trinajstić information content (AvgIpc) is 3.24. The van der Waals surface area contributed by atoms with Gasteiger partial charge in [-0.25, -0.2) is 4.98 Å². The van der Waals surface area contributed by atoms with Crippen LogP contribution in [0.1, 0.15) is 29.5 Å². The Balaban J connectivity index is 1.48. The molecule has 0 saturated carbocycles. The van der Waals surface area contributed by atoms with Crippen LogP contribution in [0.25, 0.3) is 16.9 Å². The predicted molar refractivity (Wildman–Crippen MR) is 127 cm³/mol. The highest BCUT2D eigenvalue weighted by Crippen LogP contribution is 2.37. The van der Waals surface area contributed by atoms with E-state index in [1.807, 2.05) is 66.2 Å². The minimum Gasteiger partial charge on any atom is -0.381 e. The number of aryl methyl sites for hydroxylation is 2. The summed E-state index contributed by atoms with van der Waals surface area (Å²) in [7, 11) is 0. The first-order chi connectivity index (χ1) is 15.5. The van der Waals surface area contributed by atoms with Crippen molar-refractivity contribution in [1.29, 1.82) is 0 Å². The molecule has 1 N–H and O–H groups in total. The van der Waals surface area contributed by atoms with E-state index in [4.69, 9.17) is 9.72 Å². The molecule has 1 amide bonds. The number of pyridine rings is 1. The van der Waals surface area contributed by atoms with Gasteiger partial charge in [-0.3, -0.25) is 4.79 Å². The van der Waals surface area contributed by atoms with Crippen molar-refractivity contribution in [3.05, 3.63) is 89.7 Å². The second-order valence-corrected chi connectivity index (χ2v) is 8.64. The monoisotopic (exact) mass is 425 g/mol. The smallest absolute Gasteiger partial charge is 0.235 e. The number of nitrogens with zero attached hydrogens (tertiary/aromatic N) is 2. The van der Waals surface area contributed by atoms with Crippen molar-refractivity contribution < 1.29 is 9.53 Å². The largest absolute Gasteiger partial charge is 0.381 e. The summed E-state index contributed by atoms with van der Waals surface area (Å²) >= 11 is 0. The van der Waals surface area contributed by atoms with Crippen LogP contribution in [0, 0.1) is 13.8 Å². The molecule has 0 bridgehead atoms. The third-order valence-electron chi connectivity index (χ3n) is 6.50. The van der Waals surface area contributed by atoms with Crippen LogP contribution in [0.3, 0.4) is 0 Å². The van der Waals surface area contributed by atoms with Crippen LogP contribution in [0.4, 0.5) is 5.69 Å². The molecule has 5 nitrogen and oxygen atoms in total. The van der Waals surface area contributed by atoms with Gasteiger partial charge in [0.2, 0.25) is 5.91 Å². The maximum atomic E-state index is 13.7. The Kier molecular flexibility index (Phi) is 5.27. The van der Waals surface area contributed by atoms with Crippen LogP contribution >= 0.6 is 0 Å². The molecular weight excluding hydrogens is 398 g/mol. The van der Waals surface area contributed by atoms with E-state index in [2.05, 4.69) is 30.4 Å². The fourth-order valence-corrected chi connectivity index (χ4v) is 4.50. The van der Waals surface area contributed by atoms with Crippen LogP contribution in [0.5, 0.6) is 0 Å². The van der Waals surface area contributed by atoms with Crippen molar-refractivity contribution in [3.63, 3.8) is 0 Å². The number of ether oxygens (including phenoxy) is 1. The second-order valence-electron chi connectivity index (χ2n) is 8.64. The molecule has 32 heavy (non-hydrogen) atoms. The van der Waals surface area contributed by atoms with E-state index in [0.29, 0.717) is 26.1 Å². The third-order valence-corrected chi connectivity index (χ3v) is 6.50. The number of rotatable bonds is 4. The van der Waals surface area contributed by atoms with Crippen molar-refractivity contribution >= 4 is 17.2 Å². The summed E-state index contributed by atoms with van der Waals surface area (Å²) in [5, 5.41) is 3.24. The Morgan fingerprint density at radius 2 is 1.81 bits per heavy atom. The standard InChI is InChI=1S/C27H27N3O2/c1-19-10-13-30-18-24(28-25(30)16-19)21-9-8-20(2)23(17-21)29-26(31)27(11-14-32-15-12-27)22-6-4-3-5-7-22/h3-10,13,16-18H,11-12,14-15H2,1-2H3,(H,29,31). The molecule has 0 radical (unpaired) electrons. The molecule has 2 aromatic heterocycles. The molecule has 1 saturated heterocycles. The Bertz CT molecular complexity index is 1270. The zero-order valence-corrected chi connectivity index (χ0v) is 18.5. The highest BCUT2D eigenvalue weighted by atomic mass is 16.5. The lowest BCUT2D eigenvalue weighted by atomic mass is 9.73. The van der Waals surface area contributed by atoms with Gasteiger partial charge in [0.05, 0.1) is 11.1 Å². The summed E-state index contributed by atoms with van der Waals surface area (Å²) in [5.41, 5.74) is 6.26. The number of carbonyl (C=O) groups is 1. The summed E-state index contributed by atoms with van der Waals surface area (Å²) in [6.45, 7) is 5.25. The molecule has 0 unspecified atom stereocenters. The third kappa shape index (κ3) is 3.69. The number of hydrogen-bond acceptors (Lipinski definition) is 3. The summed E-state index contributed by atoms with van der Waals surface area (Å²) < 4.78 is 7.61. The minimum atomic E-state index is -0.581.